The number of rotatable bonds is 8. The van der Waals surface area contributed by atoms with Crippen molar-refractivity contribution in [2.24, 2.45) is 0 Å². The molecule has 0 aliphatic carbocycles. The molecule has 0 aromatic heterocycles. The molecule has 1 aromatic rings. The molecule has 7 heteroatoms. The maximum atomic E-state index is 13.0. The van der Waals surface area contributed by atoms with Crippen LogP contribution in [-0.4, -0.2) is 31.5 Å². The first kappa shape index (κ1) is 19.0. The second-order valence-corrected chi connectivity index (χ2v) is 7.32. The summed E-state index contributed by atoms with van der Waals surface area (Å²) in [5.74, 6) is -0.578. The van der Waals surface area contributed by atoms with E-state index >= 15 is 0 Å². The SMILES string of the molecule is COc1ccc(OC)c([C@@H](O)P(=O)(OC(C)C)OC(C)C)c1. The molecule has 126 valence electrons. The first-order chi connectivity index (χ1) is 10.2. The third-order valence-electron chi connectivity index (χ3n) is 2.73. The summed E-state index contributed by atoms with van der Waals surface area (Å²) < 4.78 is 34.2. The van der Waals surface area contributed by atoms with Crippen LogP contribution in [0.4, 0.5) is 0 Å². The van der Waals surface area contributed by atoms with E-state index in [1.54, 1.807) is 45.9 Å². The molecule has 1 N–H and O–H groups in total. The van der Waals surface area contributed by atoms with Gasteiger partial charge in [0, 0.05) is 5.56 Å². The number of hydrogen-bond donors (Lipinski definition) is 1. The monoisotopic (exact) mass is 332 g/mol. The Labute approximate surface area is 131 Å². The summed E-state index contributed by atoms with van der Waals surface area (Å²) >= 11 is 0. The number of aliphatic hydroxyl groups is 1. The molecule has 0 unspecified atom stereocenters. The Morgan fingerprint density at radius 1 is 1.00 bits per heavy atom. The molecular weight excluding hydrogens is 307 g/mol. The van der Waals surface area contributed by atoms with Crippen LogP contribution in [0, 0.1) is 0 Å². The van der Waals surface area contributed by atoms with E-state index in [1.165, 1.54) is 14.2 Å². The highest BCUT2D eigenvalue weighted by Gasteiger charge is 2.39. The third-order valence-corrected chi connectivity index (χ3v) is 5.04. The second kappa shape index (κ2) is 7.97. The van der Waals surface area contributed by atoms with E-state index in [0.29, 0.717) is 17.1 Å². The molecule has 0 saturated heterocycles. The predicted octanol–water partition coefficient (Wildman–Crippen LogP) is 3.74. The van der Waals surface area contributed by atoms with Crippen molar-refractivity contribution in [1.82, 2.24) is 0 Å². The number of benzene rings is 1. The average molecular weight is 332 g/mol. The minimum absolute atomic E-state index is 0.298. The predicted molar refractivity (Wildman–Crippen MR) is 84.6 cm³/mol. The fraction of sp³-hybridized carbons (Fsp3) is 0.600. The van der Waals surface area contributed by atoms with Crippen molar-refractivity contribution in [2.75, 3.05) is 14.2 Å². The molecule has 0 bridgehead atoms. The minimum atomic E-state index is -3.80. The molecule has 0 heterocycles. The van der Waals surface area contributed by atoms with Crippen LogP contribution in [0.15, 0.2) is 18.2 Å². The molecule has 0 fully saturated rings. The number of ether oxygens (including phenoxy) is 2. The third kappa shape index (κ3) is 4.71. The fourth-order valence-corrected chi connectivity index (χ4v) is 3.94. The van der Waals surface area contributed by atoms with E-state index in [-0.39, 0.29) is 12.2 Å². The Kier molecular flexibility index (Phi) is 6.88. The lowest BCUT2D eigenvalue weighted by molar-refractivity contribution is 0.100. The Balaban J connectivity index is 3.28. The standard InChI is InChI=1S/C15H25O6P/c1-10(2)20-22(17,21-11(3)4)15(16)13-9-12(18-5)7-8-14(13)19-6/h7-11,15-16H,1-6H3/t15-/m0/s1. The van der Waals surface area contributed by atoms with E-state index in [9.17, 15) is 9.67 Å². The van der Waals surface area contributed by atoms with Gasteiger partial charge in [0.25, 0.3) is 0 Å². The number of methoxy groups -OCH3 is 2. The highest BCUT2D eigenvalue weighted by molar-refractivity contribution is 7.54. The van der Waals surface area contributed by atoms with Gasteiger partial charge in [-0.2, -0.15) is 0 Å². The minimum Gasteiger partial charge on any atom is -0.497 e. The molecule has 22 heavy (non-hydrogen) atoms. The Hall–Kier alpha value is -1.07. The van der Waals surface area contributed by atoms with E-state index in [1.807, 2.05) is 0 Å². The van der Waals surface area contributed by atoms with Gasteiger partial charge in [-0.15, -0.1) is 0 Å². The van der Waals surface area contributed by atoms with Crippen molar-refractivity contribution < 1.29 is 28.2 Å². The Morgan fingerprint density at radius 3 is 1.95 bits per heavy atom. The molecule has 1 rings (SSSR count). The van der Waals surface area contributed by atoms with Crippen LogP contribution in [-0.2, 0) is 13.6 Å². The van der Waals surface area contributed by atoms with E-state index < -0.39 is 13.4 Å². The largest absolute Gasteiger partial charge is 0.497 e. The Morgan fingerprint density at radius 2 is 1.55 bits per heavy atom. The van der Waals surface area contributed by atoms with Gasteiger partial charge in [0.05, 0.1) is 26.4 Å². The van der Waals surface area contributed by atoms with Crippen molar-refractivity contribution in [3.05, 3.63) is 23.8 Å². The van der Waals surface area contributed by atoms with Crippen molar-refractivity contribution in [3.8, 4) is 11.5 Å². The lowest BCUT2D eigenvalue weighted by Crippen LogP contribution is -2.14. The molecule has 0 saturated carbocycles. The molecule has 0 aliphatic heterocycles. The summed E-state index contributed by atoms with van der Waals surface area (Å²) in [7, 11) is -0.820. The van der Waals surface area contributed by atoms with E-state index in [2.05, 4.69) is 0 Å². The summed E-state index contributed by atoms with van der Waals surface area (Å²) in [6.45, 7) is 6.91. The van der Waals surface area contributed by atoms with Crippen molar-refractivity contribution >= 4 is 7.60 Å². The van der Waals surface area contributed by atoms with Crippen molar-refractivity contribution in [1.29, 1.82) is 0 Å². The maximum absolute atomic E-state index is 13.0. The normalized spacial score (nSPS) is 13.5. The fourth-order valence-electron chi connectivity index (χ4n) is 1.94. The van der Waals surface area contributed by atoms with Gasteiger partial charge >= 0.3 is 7.60 Å². The van der Waals surface area contributed by atoms with Crippen LogP contribution in [0.2, 0.25) is 0 Å². The van der Waals surface area contributed by atoms with E-state index in [4.69, 9.17) is 18.5 Å². The molecule has 1 atom stereocenters. The van der Waals surface area contributed by atoms with E-state index in [0.717, 1.165) is 0 Å². The van der Waals surface area contributed by atoms with Crippen molar-refractivity contribution in [3.63, 3.8) is 0 Å². The van der Waals surface area contributed by atoms with Gasteiger partial charge in [-0.25, -0.2) is 0 Å². The molecule has 0 spiro atoms. The molecular formula is C15H25O6P. The highest BCUT2D eigenvalue weighted by Crippen LogP contribution is 2.62. The lowest BCUT2D eigenvalue weighted by Gasteiger charge is -2.27. The zero-order valence-electron chi connectivity index (χ0n) is 13.9. The number of hydrogen-bond acceptors (Lipinski definition) is 6. The summed E-state index contributed by atoms with van der Waals surface area (Å²) in [6, 6.07) is 4.88. The van der Waals surface area contributed by atoms with Crippen LogP contribution >= 0.6 is 7.60 Å². The first-order valence-electron chi connectivity index (χ1n) is 7.10. The zero-order valence-corrected chi connectivity index (χ0v) is 14.8. The quantitative estimate of drug-likeness (QED) is 0.731. The average Bonchev–Trinajstić information content (AvgIpc) is 2.43. The maximum Gasteiger partial charge on any atom is 0.364 e. The highest BCUT2D eigenvalue weighted by atomic mass is 31.2. The zero-order chi connectivity index (χ0) is 16.9. The molecule has 1 aromatic carbocycles. The summed E-state index contributed by atoms with van der Waals surface area (Å²) in [5, 5.41) is 10.6. The number of aliphatic hydroxyl groups excluding tert-OH is 1. The van der Waals surface area contributed by atoms with Crippen LogP contribution in [0.5, 0.6) is 11.5 Å². The van der Waals surface area contributed by atoms with Crippen LogP contribution in [0.1, 0.15) is 39.1 Å². The first-order valence-corrected chi connectivity index (χ1v) is 8.71. The topological polar surface area (TPSA) is 74.2 Å². The van der Waals surface area contributed by atoms with Gasteiger partial charge in [-0.3, -0.25) is 4.57 Å². The second-order valence-electron chi connectivity index (χ2n) is 5.33. The van der Waals surface area contributed by atoms with Gasteiger partial charge in [0.15, 0.2) is 5.85 Å². The summed E-state index contributed by atoms with van der Waals surface area (Å²) in [6.07, 6.45) is -0.730. The Bertz CT molecular complexity index is 515. The smallest absolute Gasteiger partial charge is 0.364 e. The van der Waals surface area contributed by atoms with Gasteiger partial charge in [-0.05, 0) is 45.9 Å². The molecule has 0 amide bonds. The molecule has 6 nitrogen and oxygen atoms in total. The van der Waals surface area contributed by atoms with Gasteiger partial charge in [0.1, 0.15) is 11.5 Å². The summed E-state index contributed by atoms with van der Waals surface area (Å²) in [5.41, 5.74) is 0.298. The van der Waals surface area contributed by atoms with Crippen LogP contribution < -0.4 is 9.47 Å². The van der Waals surface area contributed by atoms with Crippen LogP contribution in [0.25, 0.3) is 0 Å². The summed E-state index contributed by atoms with van der Waals surface area (Å²) in [4.78, 5) is 0. The molecule has 0 aliphatic rings. The van der Waals surface area contributed by atoms with Gasteiger partial charge < -0.3 is 23.6 Å². The van der Waals surface area contributed by atoms with Crippen molar-refractivity contribution in [2.45, 2.75) is 45.7 Å². The van der Waals surface area contributed by atoms with Crippen LogP contribution in [0.3, 0.4) is 0 Å². The lowest BCUT2D eigenvalue weighted by atomic mass is 10.2. The van der Waals surface area contributed by atoms with Gasteiger partial charge in [0.2, 0.25) is 0 Å². The van der Waals surface area contributed by atoms with Gasteiger partial charge in [-0.1, -0.05) is 0 Å². The molecule has 0 radical (unpaired) electrons.